The van der Waals surface area contributed by atoms with Crippen LogP contribution >= 0.6 is 11.6 Å². The van der Waals surface area contributed by atoms with E-state index in [0.29, 0.717) is 22.8 Å². The number of anilines is 1. The lowest BCUT2D eigenvalue weighted by molar-refractivity contribution is -0.142. The number of para-hydroxylation sites is 1. The summed E-state index contributed by atoms with van der Waals surface area (Å²) < 4.78 is 0. The SMILES string of the molecule is CCCCN1C(=O)[C@H]2[C@@H](C1=O)[C@@]1(N[C@@H]2C)C(=O)Nc2c(Cl)cccc21. The fraction of sp³-hybridized carbons (Fsp3) is 0.500. The molecule has 7 heteroatoms. The Morgan fingerprint density at radius 1 is 1.24 bits per heavy atom. The van der Waals surface area contributed by atoms with Gasteiger partial charge in [0, 0.05) is 18.2 Å². The van der Waals surface area contributed by atoms with Gasteiger partial charge in [-0.15, -0.1) is 0 Å². The molecule has 2 N–H and O–H groups in total. The first kappa shape index (κ1) is 16.5. The van der Waals surface area contributed by atoms with Crippen LogP contribution in [0.1, 0.15) is 32.3 Å². The Labute approximate surface area is 150 Å². The number of unbranched alkanes of at least 4 members (excludes halogenated alkanes) is 1. The number of imide groups is 1. The van der Waals surface area contributed by atoms with Crippen molar-refractivity contribution in [3.05, 3.63) is 28.8 Å². The molecule has 1 aromatic carbocycles. The molecule has 2 fully saturated rings. The number of fused-ring (bicyclic) bond motifs is 4. The summed E-state index contributed by atoms with van der Waals surface area (Å²) in [5.74, 6) is -2.01. The zero-order valence-electron chi connectivity index (χ0n) is 14.1. The molecule has 132 valence electrons. The summed E-state index contributed by atoms with van der Waals surface area (Å²) in [4.78, 5) is 40.2. The molecule has 0 saturated carbocycles. The van der Waals surface area contributed by atoms with Crippen molar-refractivity contribution in [2.24, 2.45) is 11.8 Å². The smallest absolute Gasteiger partial charge is 0.250 e. The fourth-order valence-electron chi connectivity index (χ4n) is 4.55. The van der Waals surface area contributed by atoms with E-state index in [-0.39, 0.29) is 23.8 Å². The van der Waals surface area contributed by atoms with E-state index in [9.17, 15) is 14.4 Å². The van der Waals surface area contributed by atoms with E-state index in [1.54, 1.807) is 18.2 Å². The number of halogens is 1. The number of hydrogen-bond donors (Lipinski definition) is 2. The maximum Gasteiger partial charge on any atom is 0.250 e. The number of carbonyl (C=O) groups is 3. The third kappa shape index (κ3) is 1.98. The maximum atomic E-state index is 13.1. The summed E-state index contributed by atoms with van der Waals surface area (Å²) in [5.41, 5.74) is -0.0394. The molecule has 4 rings (SSSR count). The number of amides is 3. The second-order valence-electron chi connectivity index (χ2n) is 7.04. The molecule has 3 heterocycles. The van der Waals surface area contributed by atoms with Crippen LogP contribution in [0.5, 0.6) is 0 Å². The molecule has 6 nitrogen and oxygen atoms in total. The van der Waals surface area contributed by atoms with E-state index in [0.717, 1.165) is 12.8 Å². The van der Waals surface area contributed by atoms with Gasteiger partial charge in [-0.1, -0.05) is 37.1 Å². The molecule has 0 bridgehead atoms. The Balaban J connectivity index is 1.84. The minimum absolute atomic E-state index is 0.177. The van der Waals surface area contributed by atoms with Gasteiger partial charge in [0.25, 0.3) is 0 Å². The Hall–Kier alpha value is -1.92. The molecular weight excluding hydrogens is 342 g/mol. The van der Waals surface area contributed by atoms with Gasteiger partial charge in [-0.25, -0.2) is 0 Å². The molecule has 0 aromatic heterocycles. The highest BCUT2D eigenvalue weighted by Crippen LogP contribution is 2.53. The quantitative estimate of drug-likeness (QED) is 0.806. The normalized spacial score (nSPS) is 33.2. The lowest BCUT2D eigenvalue weighted by Gasteiger charge is -2.29. The van der Waals surface area contributed by atoms with Crippen molar-refractivity contribution < 1.29 is 14.4 Å². The van der Waals surface area contributed by atoms with Gasteiger partial charge >= 0.3 is 0 Å². The van der Waals surface area contributed by atoms with Crippen molar-refractivity contribution in [2.45, 2.75) is 38.3 Å². The van der Waals surface area contributed by atoms with E-state index in [1.807, 2.05) is 13.8 Å². The highest BCUT2D eigenvalue weighted by Gasteiger charge is 2.69. The third-order valence-electron chi connectivity index (χ3n) is 5.67. The lowest BCUT2D eigenvalue weighted by atomic mass is 9.76. The number of carbonyl (C=O) groups excluding carboxylic acids is 3. The predicted octanol–water partition coefficient (Wildman–Crippen LogP) is 1.88. The highest BCUT2D eigenvalue weighted by atomic mass is 35.5. The molecule has 0 unspecified atom stereocenters. The predicted molar refractivity (Wildman–Crippen MR) is 93.0 cm³/mol. The van der Waals surface area contributed by atoms with E-state index >= 15 is 0 Å². The first-order valence-corrected chi connectivity index (χ1v) is 9.04. The Bertz CT molecular complexity index is 796. The van der Waals surface area contributed by atoms with E-state index in [4.69, 9.17) is 11.6 Å². The van der Waals surface area contributed by atoms with Crippen LogP contribution in [0.4, 0.5) is 5.69 Å². The lowest BCUT2D eigenvalue weighted by Crippen LogP contribution is -2.52. The average Bonchev–Trinajstić information content (AvgIpc) is 3.13. The van der Waals surface area contributed by atoms with Gasteiger partial charge in [0.2, 0.25) is 17.7 Å². The second-order valence-corrected chi connectivity index (χ2v) is 7.45. The maximum absolute atomic E-state index is 13.1. The topological polar surface area (TPSA) is 78.5 Å². The molecule has 0 radical (unpaired) electrons. The van der Waals surface area contributed by atoms with Crippen LogP contribution in [-0.2, 0) is 19.9 Å². The molecule has 4 atom stereocenters. The first-order valence-electron chi connectivity index (χ1n) is 8.66. The minimum Gasteiger partial charge on any atom is -0.323 e. The van der Waals surface area contributed by atoms with Crippen LogP contribution in [0.2, 0.25) is 5.02 Å². The minimum atomic E-state index is -1.22. The molecule has 3 aliphatic heterocycles. The van der Waals surface area contributed by atoms with Crippen molar-refractivity contribution in [1.29, 1.82) is 0 Å². The van der Waals surface area contributed by atoms with Gasteiger partial charge in [-0.05, 0) is 19.4 Å². The molecule has 3 aliphatic rings. The van der Waals surface area contributed by atoms with Crippen LogP contribution in [-0.4, -0.2) is 35.2 Å². The van der Waals surface area contributed by atoms with Crippen LogP contribution in [0.25, 0.3) is 0 Å². The summed E-state index contributed by atoms with van der Waals surface area (Å²) in [6.45, 7) is 4.28. The molecule has 2 saturated heterocycles. The molecule has 25 heavy (non-hydrogen) atoms. The number of nitrogens with one attached hydrogen (secondary N) is 2. The van der Waals surface area contributed by atoms with Crippen molar-refractivity contribution in [3.8, 4) is 0 Å². The summed E-state index contributed by atoms with van der Waals surface area (Å²) in [6, 6.07) is 4.99. The molecular formula is C18H20ClN3O3. The van der Waals surface area contributed by atoms with E-state index in [1.165, 1.54) is 4.90 Å². The van der Waals surface area contributed by atoms with Crippen molar-refractivity contribution in [1.82, 2.24) is 10.2 Å². The first-order chi connectivity index (χ1) is 11.9. The summed E-state index contributed by atoms with van der Waals surface area (Å²) in [7, 11) is 0. The summed E-state index contributed by atoms with van der Waals surface area (Å²) >= 11 is 6.23. The second kappa shape index (κ2) is 5.54. The summed E-state index contributed by atoms with van der Waals surface area (Å²) in [5, 5.41) is 6.50. The zero-order chi connectivity index (χ0) is 17.9. The van der Waals surface area contributed by atoms with Crippen molar-refractivity contribution in [3.63, 3.8) is 0 Å². The monoisotopic (exact) mass is 361 g/mol. The van der Waals surface area contributed by atoms with E-state index < -0.39 is 17.4 Å². The Morgan fingerprint density at radius 3 is 2.72 bits per heavy atom. The van der Waals surface area contributed by atoms with Crippen LogP contribution in [0.15, 0.2) is 18.2 Å². The number of benzene rings is 1. The number of hydrogen-bond acceptors (Lipinski definition) is 4. The number of nitrogens with zero attached hydrogens (tertiary/aromatic N) is 1. The summed E-state index contributed by atoms with van der Waals surface area (Å²) in [6.07, 6.45) is 1.66. The van der Waals surface area contributed by atoms with Gasteiger partial charge in [-0.2, -0.15) is 0 Å². The number of rotatable bonds is 3. The van der Waals surface area contributed by atoms with Gasteiger partial charge in [0.1, 0.15) is 5.54 Å². The van der Waals surface area contributed by atoms with Crippen molar-refractivity contribution >= 4 is 35.0 Å². The number of likely N-dealkylation sites (tertiary alicyclic amines) is 1. The molecule has 1 aromatic rings. The Morgan fingerprint density at radius 2 is 2.00 bits per heavy atom. The molecule has 3 amide bonds. The average molecular weight is 362 g/mol. The molecule has 0 aliphatic carbocycles. The highest BCUT2D eigenvalue weighted by molar-refractivity contribution is 6.35. The van der Waals surface area contributed by atoms with Crippen LogP contribution in [0, 0.1) is 11.8 Å². The van der Waals surface area contributed by atoms with Gasteiger partial charge < -0.3 is 5.32 Å². The van der Waals surface area contributed by atoms with Gasteiger partial charge in [0.15, 0.2) is 0 Å². The standard InChI is InChI=1S/C18H20ClN3O3/c1-3-4-8-22-15(23)12-9(2)21-18(13(12)16(22)24)10-6-5-7-11(19)14(10)20-17(18)25/h5-7,9,12-13,21H,3-4,8H2,1-2H3,(H,20,25)/t9-,12-,13+,18-/m1/s1. The fourth-order valence-corrected chi connectivity index (χ4v) is 4.77. The van der Waals surface area contributed by atoms with Gasteiger partial charge in [-0.3, -0.25) is 24.6 Å². The largest absolute Gasteiger partial charge is 0.323 e. The third-order valence-corrected chi connectivity index (χ3v) is 5.99. The van der Waals surface area contributed by atoms with E-state index in [2.05, 4.69) is 10.6 Å². The van der Waals surface area contributed by atoms with Crippen LogP contribution < -0.4 is 10.6 Å². The van der Waals surface area contributed by atoms with Crippen molar-refractivity contribution in [2.75, 3.05) is 11.9 Å². The zero-order valence-corrected chi connectivity index (χ0v) is 14.9. The van der Waals surface area contributed by atoms with Crippen LogP contribution in [0.3, 0.4) is 0 Å². The Kier molecular flexibility index (Phi) is 3.67. The molecule has 1 spiro atoms. The van der Waals surface area contributed by atoms with Gasteiger partial charge in [0.05, 0.1) is 22.5 Å².